The van der Waals surface area contributed by atoms with E-state index in [2.05, 4.69) is 66.2 Å². The summed E-state index contributed by atoms with van der Waals surface area (Å²) in [5.41, 5.74) is 8.24. The minimum absolute atomic E-state index is 0.127. The van der Waals surface area contributed by atoms with Gasteiger partial charge in [-0.3, -0.25) is 9.69 Å². The number of ether oxygens (including phenoxy) is 2. The molecule has 0 spiro atoms. The molecule has 1 amide bonds. The zero-order chi connectivity index (χ0) is 25.4. The predicted molar refractivity (Wildman–Crippen MR) is 146 cm³/mol. The molecule has 190 valence electrons. The van der Waals surface area contributed by atoms with Crippen LogP contribution in [0.5, 0.6) is 11.5 Å². The zero-order valence-corrected chi connectivity index (χ0v) is 21.5. The van der Waals surface area contributed by atoms with Gasteiger partial charge in [0.25, 0.3) is 5.91 Å². The standard InChI is InChI=1S/C31H33N3O3/c1-21-22(2)32-28-9-5-25(18-27(21)28)17-23-3-7-26(8-4-23)31(35)34-15-13-33(14-16-34)12-11-24-6-10-29-30(19-24)37-20-36-29/h3-10,18-19,32H,11-17,20H2,1-2H3. The first kappa shape index (κ1) is 23.6. The van der Waals surface area contributed by atoms with Gasteiger partial charge in [-0.15, -0.1) is 0 Å². The lowest BCUT2D eigenvalue weighted by atomic mass is 10.0. The van der Waals surface area contributed by atoms with Crippen molar-refractivity contribution in [1.29, 1.82) is 0 Å². The van der Waals surface area contributed by atoms with Gasteiger partial charge in [-0.1, -0.05) is 24.3 Å². The molecule has 0 unspecified atom stereocenters. The van der Waals surface area contributed by atoms with Crippen molar-refractivity contribution >= 4 is 16.8 Å². The molecule has 3 heterocycles. The smallest absolute Gasteiger partial charge is 0.253 e. The highest BCUT2D eigenvalue weighted by Crippen LogP contribution is 2.32. The molecule has 1 fully saturated rings. The van der Waals surface area contributed by atoms with Gasteiger partial charge in [-0.2, -0.15) is 0 Å². The summed E-state index contributed by atoms with van der Waals surface area (Å²) in [4.78, 5) is 21.0. The zero-order valence-electron chi connectivity index (χ0n) is 21.5. The average molecular weight is 496 g/mol. The van der Waals surface area contributed by atoms with Crippen molar-refractivity contribution < 1.29 is 14.3 Å². The monoisotopic (exact) mass is 495 g/mol. The Balaban J connectivity index is 1.01. The third-order valence-electron chi connectivity index (χ3n) is 7.79. The van der Waals surface area contributed by atoms with Gasteiger partial charge in [-0.25, -0.2) is 0 Å². The quantitative estimate of drug-likeness (QED) is 0.404. The first-order valence-corrected chi connectivity index (χ1v) is 13.1. The molecule has 0 bridgehead atoms. The maximum absolute atomic E-state index is 13.1. The van der Waals surface area contributed by atoms with Crippen LogP contribution in [0.25, 0.3) is 10.9 Å². The van der Waals surface area contributed by atoms with Crippen molar-refractivity contribution in [1.82, 2.24) is 14.8 Å². The molecule has 2 aliphatic heterocycles. The third kappa shape index (κ3) is 4.94. The van der Waals surface area contributed by atoms with Gasteiger partial charge in [0, 0.05) is 54.9 Å². The van der Waals surface area contributed by atoms with Crippen LogP contribution >= 0.6 is 0 Å². The van der Waals surface area contributed by atoms with E-state index in [0.717, 1.165) is 62.6 Å². The van der Waals surface area contributed by atoms with E-state index in [0.29, 0.717) is 6.79 Å². The van der Waals surface area contributed by atoms with E-state index >= 15 is 0 Å². The summed E-state index contributed by atoms with van der Waals surface area (Å²) < 4.78 is 10.9. The fourth-order valence-electron chi connectivity index (χ4n) is 5.36. The van der Waals surface area contributed by atoms with Crippen LogP contribution in [0.15, 0.2) is 60.7 Å². The largest absolute Gasteiger partial charge is 0.454 e. The maximum atomic E-state index is 13.1. The van der Waals surface area contributed by atoms with Crippen LogP contribution in [0.1, 0.15) is 38.3 Å². The van der Waals surface area contributed by atoms with Gasteiger partial charge < -0.3 is 19.4 Å². The number of nitrogens with one attached hydrogen (secondary N) is 1. The van der Waals surface area contributed by atoms with Crippen molar-refractivity contribution in [3.05, 3.63) is 94.2 Å². The molecule has 0 atom stereocenters. The number of piperazine rings is 1. The number of aryl methyl sites for hydroxylation is 2. The number of aromatic nitrogens is 1. The lowest BCUT2D eigenvalue weighted by molar-refractivity contribution is 0.0638. The Morgan fingerprint density at radius 3 is 2.38 bits per heavy atom. The summed E-state index contributed by atoms with van der Waals surface area (Å²) in [7, 11) is 0. The molecule has 0 aliphatic carbocycles. The van der Waals surface area contributed by atoms with Crippen molar-refractivity contribution in [2.75, 3.05) is 39.5 Å². The van der Waals surface area contributed by atoms with Crippen molar-refractivity contribution in [2.24, 2.45) is 0 Å². The fourth-order valence-corrected chi connectivity index (χ4v) is 5.36. The first-order valence-electron chi connectivity index (χ1n) is 13.1. The SMILES string of the molecule is Cc1[nH]c2ccc(Cc3ccc(C(=O)N4CCN(CCc5ccc6c(c5)OCO6)CC4)cc3)cc2c1C. The van der Waals surface area contributed by atoms with E-state index in [1.54, 1.807) is 0 Å². The highest BCUT2D eigenvalue weighted by Gasteiger charge is 2.22. The minimum Gasteiger partial charge on any atom is -0.454 e. The van der Waals surface area contributed by atoms with Crippen molar-refractivity contribution in [2.45, 2.75) is 26.7 Å². The van der Waals surface area contributed by atoms with E-state index in [-0.39, 0.29) is 5.91 Å². The van der Waals surface area contributed by atoms with E-state index in [1.807, 2.05) is 23.1 Å². The summed E-state index contributed by atoms with van der Waals surface area (Å²) in [6.45, 7) is 8.88. The number of hydrogen-bond acceptors (Lipinski definition) is 4. The molecule has 6 heteroatoms. The van der Waals surface area contributed by atoms with Crippen molar-refractivity contribution in [3.63, 3.8) is 0 Å². The van der Waals surface area contributed by atoms with Crippen LogP contribution < -0.4 is 9.47 Å². The predicted octanol–water partition coefficient (Wildman–Crippen LogP) is 5.10. The lowest BCUT2D eigenvalue weighted by Gasteiger charge is -2.34. The molecule has 6 nitrogen and oxygen atoms in total. The second-order valence-corrected chi connectivity index (χ2v) is 10.2. The Kier molecular flexibility index (Phi) is 6.35. The molecular weight excluding hydrogens is 462 g/mol. The highest BCUT2D eigenvalue weighted by molar-refractivity contribution is 5.94. The molecule has 2 aliphatic rings. The summed E-state index contributed by atoms with van der Waals surface area (Å²) in [6, 6.07) is 20.9. The second kappa shape index (κ2) is 9.94. The van der Waals surface area contributed by atoms with E-state index in [4.69, 9.17) is 9.47 Å². The van der Waals surface area contributed by atoms with Gasteiger partial charge in [0.2, 0.25) is 6.79 Å². The van der Waals surface area contributed by atoms with E-state index in [1.165, 1.54) is 38.9 Å². The molecular formula is C31H33N3O3. The van der Waals surface area contributed by atoms with Gasteiger partial charge in [0.15, 0.2) is 11.5 Å². The molecule has 1 aromatic heterocycles. The van der Waals surface area contributed by atoms with Crippen LogP contribution in [-0.4, -0.2) is 60.2 Å². The number of carbonyl (C=O) groups is 1. The Labute approximate surface area is 217 Å². The normalized spacial score (nSPS) is 15.5. The number of benzene rings is 3. The molecule has 1 saturated heterocycles. The Hall–Kier alpha value is -3.77. The molecule has 0 radical (unpaired) electrons. The number of amides is 1. The number of carbonyl (C=O) groups excluding carboxylic acids is 1. The van der Waals surface area contributed by atoms with E-state index in [9.17, 15) is 4.79 Å². The summed E-state index contributed by atoms with van der Waals surface area (Å²) in [5, 5.41) is 1.29. The van der Waals surface area contributed by atoms with Gasteiger partial charge >= 0.3 is 0 Å². The number of nitrogens with zero attached hydrogens (tertiary/aromatic N) is 2. The van der Waals surface area contributed by atoms with Crippen LogP contribution in [-0.2, 0) is 12.8 Å². The van der Waals surface area contributed by atoms with Crippen LogP contribution in [0.3, 0.4) is 0 Å². The van der Waals surface area contributed by atoms with Gasteiger partial charge in [0.05, 0.1) is 0 Å². The summed E-state index contributed by atoms with van der Waals surface area (Å²) in [5.74, 6) is 1.79. The second-order valence-electron chi connectivity index (χ2n) is 10.2. The number of H-pyrrole nitrogens is 1. The first-order chi connectivity index (χ1) is 18.0. The van der Waals surface area contributed by atoms with Crippen LogP contribution in [0.2, 0.25) is 0 Å². The number of rotatable bonds is 6. The molecule has 0 saturated carbocycles. The lowest BCUT2D eigenvalue weighted by Crippen LogP contribution is -2.49. The number of aromatic amines is 1. The Morgan fingerprint density at radius 1 is 0.838 bits per heavy atom. The Bertz CT molecular complexity index is 1430. The van der Waals surface area contributed by atoms with Crippen LogP contribution in [0.4, 0.5) is 0 Å². The minimum atomic E-state index is 0.127. The molecule has 37 heavy (non-hydrogen) atoms. The highest BCUT2D eigenvalue weighted by atomic mass is 16.7. The molecule has 1 N–H and O–H groups in total. The molecule has 3 aromatic carbocycles. The average Bonchev–Trinajstić information content (AvgIpc) is 3.51. The Morgan fingerprint density at radius 2 is 1.57 bits per heavy atom. The summed E-state index contributed by atoms with van der Waals surface area (Å²) >= 11 is 0. The van der Waals surface area contributed by atoms with Gasteiger partial charge in [0.1, 0.15) is 0 Å². The number of fused-ring (bicyclic) bond motifs is 2. The van der Waals surface area contributed by atoms with Crippen molar-refractivity contribution in [3.8, 4) is 11.5 Å². The maximum Gasteiger partial charge on any atom is 0.253 e. The topological polar surface area (TPSA) is 57.8 Å². The van der Waals surface area contributed by atoms with Gasteiger partial charge in [-0.05, 0) is 85.3 Å². The third-order valence-corrected chi connectivity index (χ3v) is 7.79. The summed E-state index contributed by atoms with van der Waals surface area (Å²) in [6.07, 6.45) is 1.82. The molecule has 6 rings (SSSR count). The van der Waals surface area contributed by atoms with E-state index < -0.39 is 0 Å². The molecule has 4 aromatic rings. The fraction of sp³-hybridized carbons (Fsp3) is 0.323. The number of hydrogen-bond donors (Lipinski definition) is 1. The van der Waals surface area contributed by atoms with Crippen LogP contribution in [0, 0.1) is 13.8 Å².